The van der Waals surface area contributed by atoms with Crippen molar-refractivity contribution in [1.29, 1.82) is 0 Å². The second-order valence-electron chi connectivity index (χ2n) is 5.40. The third-order valence-corrected chi connectivity index (χ3v) is 4.89. The Morgan fingerprint density at radius 2 is 2.04 bits per heavy atom. The summed E-state index contributed by atoms with van der Waals surface area (Å²) >= 11 is 13.2. The van der Waals surface area contributed by atoms with Crippen LogP contribution < -0.4 is 20.5 Å². The number of anilines is 2. The molecule has 2 aromatic carbocycles. The Labute approximate surface area is 163 Å². The molecule has 3 N–H and O–H groups in total. The largest absolute Gasteiger partial charge is 0.494 e. The maximum Gasteiger partial charge on any atom is 0.265 e. The molecule has 0 fully saturated rings. The van der Waals surface area contributed by atoms with Crippen molar-refractivity contribution >= 4 is 61.5 Å². The van der Waals surface area contributed by atoms with Gasteiger partial charge in [0, 0.05) is 16.8 Å². The highest BCUT2D eigenvalue weighted by molar-refractivity contribution is 7.22. The predicted octanol–water partition coefficient (Wildman–Crippen LogP) is 4.60. The first-order valence-electron chi connectivity index (χ1n) is 7.54. The number of nitrogens with one attached hydrogen (secondary N) is 1. The predicted molar refractivity (Wildman–Crippen MR) is 106 cm³/mol. The average molecular weight is 412 g/mol. The summed E-state index contributed by atoms with van der Waals surface area (Å²) in [6, 6.07) is 8.27. The van der Waals surface area contributed by atoms with Gasteiger partial charge in [-0.3, -0.25) is 4.79 Å². The monoisotopic (exact) mass is 411 g/mol. The van der Waals surface area contributed by atoms with E-state index in [2.05, 4.69) is 10.3 Å². The molecule has 1 aromatic heterocycles. The molecule has 0 aliphatic heterocycles. The van der Waals surface area contributed by atoms with Crippen molar-refractivity contribution in [3.63, 3.8) is 0 Å². The summed E-state index contributed by atoms with van der Waals surface area (Å²) in [5, 5.41) is 4.04. The van der Waals surface area contributed by atoms with Gasteiger partial charge in [0.1, 0.15) is 17.0 Å². The van der Waals surface area contributed by atoms with Crippen LogP contribution in [0.3, 0.4) is 0 Å². The van der Waals surface area contributed by atoms with Crippen molar-refractivity contribution < 1.29 is 14.3 Å². The van der Waals surface area contributed by atoms with E-state index in [1.165, 1.54) is 18.4 Å². The van der Waals surface area contributed by atoms with Crippen molar-refractivity contribution in [1.82, 2.24) is 4.98 Å². The first kappa shape index (κ1) is 18.6. The molecule has 26 heavy (non-hydrogen) atoms. The number of carbonyl (C=O) groups excluding carboxylic acids is 1. The fourth-order valence-electron chi connectivity index (χ4n) is 2.30. The lowest BCUT2D eigenvalue weighted by atomic mass is 10.2. The molecule has 1 heterocycles. The van der Waals surface area contributed by atoms with Crippen LogP contribution in [0.5, 0.6) is 11.5 Å². The summed E-state index contributed by atoms with van der Waals surface area (Å²) in [5.41, 5.74) is 6.96. The molecule has 136 valence electrons. The maximum atomic E-state index is 12.5. The molecule has 1 atom stereocenters. The van der Waals surface area contributed by atoms with E-state index in [4.69, 9.17) is 38.4 Å². The molecule has 0 radical (unpaired) electrons. The smallest absolute Gasteiger partial charge is 0.265 e. The van der Waals surface area contributed by atoms with Crippen LogP contribution in [0, 0.1) is 0 Å². The topological polar surface area (TPSA) is 86.5 Å². The number of ether oxygens (including phenoxy) is 2. The van der Waals surface area contributed by atoms with Crippen LogP contribution in [0.1, 0.15) is 6.92 Å². The van der Waals surface area contributed by atoms with E-state index in [-0.39, 0.29) is 5.91 Å². The zero-order chi connectivity index (χ0) is 18.8. The van der Waals surface area contributed by atoms with Gasteiger partial charge in [0.15, 0.2) is 11.2 Å². The summed E-state index contributed by atoms with van der Waals surface area (Å²) in [6.45, 7) is 1.63. The van der Waals surface area contributed by atoms with Crippen LogP contribution in [0.4, 0.5) is 10.8 Å². The molecule has 0 unspecified atom stereocenters. The molecule has 0 saturated carbocycles. The molecule has 9 heteroatoms. The van der Waals surface area contributed by atoms with Gasteiger partial charge in [-0.2, -0.15) is 0 Å². The van der Waals surface area contributed by atoms with Crippen molar-refractivity contribution in [2.45, 2.75) is 13.0 Å². The number of halogens is 2. The van der Waals surface area contributed by atoms with Gasteiger partial charge in [-0.25, -0.2) is 4.98 Å². The Kier molecular flexibility index (Phi) is 5.41. The maximum absolute atomic E-state index is 12.5. The van der Waals surface area contributed by atoms with E-state index in [0.29, 0.717) is 37.9 Å². The summed E-state index contributed by atoms with van der Waals surface area (Å²) < 4.78 is 11.8. The van der Waals surface area contributed by atoms with Gasteiger partial charge in [0.2, 0.25) is 0 Å². The van der Waals surface area contributed by atoms with Crippen molar-refractivity contribution in [3.8, 4) is 11.5 Å². The van der Waals surface area contributed by atoms with Gasteiger partial charge in [0.05, 0.1) is 16.8 Å². The van der Waals surface area contributed by atoms with Crippen LogP contribution in [-0.2, 0) is 4.79 Å². The Morgan fingerprint density at radius 1 is 1.27 bits per heavy atom. The number of aromatic nitrogens is 1. The number of nitrogens with two attached hydrogens (primary N) is 1. The standard InChI is InChI=1S/C17H15Cl2N3O3S/c1-8(25-12-4-3-9(18)5-11(12)19)16(23)21-10-6-13(24-2)15-14(7-10)26-17(20)22-15/h3-8H,1-2H3,(H2,20,22)(H,21,23)/t8-/m1/s1. The van der Waals surface area contributed by atoms with Gasteiger partial charge < -0.3 is 20.5 Å². The molecule has 0 aliphatic rings. The van der Waals surface area contributed by atoms with E-state index in [0.717, 1.165) is 4.70 Å². The van der Waals surface area contributed by atoms with Crippen molar-refractivity contribution in [3.05, 3.63) is 40.4 Å². The fraction of sp³-hybridized carbons (Fsp3) is 0.176. The van der Waals surface area contributed by atoms with E-state index in [9.17, 15) is 4.79 Å². The zero-order valence-corrected chi connectivity index (χ0v) is 16.2. The first-order valence-corrected chi connectivity index (χ1v) is 9.11. The molecule has 6 nitrogen and oxygen atoms in total. The van der Waals surface area contributed by atoms with Crippen molar-refractivity contribution in [2.24, 2.45) is 0 Å². The number of hydrogen-bond donors (Lipinski definition) is 2. The Morgan fingerprint density at radius 3 is 2.73 bits per heavy atom. The molecule has 0 aliphatic carbocycles. The number of amides is 1. The summed E-state index contributed by atoms with van der Waals surface area (Å²) in [7, 11) is 1.53. The molecular weight excluding hydrogens is 397 g/mol. The highest BCUT2D eigenvalue weighted by atomic mass is 35.5. The molecule has 0 saturated heterocycles. The number of nitrogens with zero attached hydrogens (tertiary/aromatic N) is 1. The van der Waals surface area contributed by atoms with E-state index in [1.54, 1.807) is 37.3 Å². The quantitative estimate of drug-likeness (QED) is 0.640. The first-order chi connectivity index (χ1) is 12.4. The number of hydrogen-bond acceptors (Lipinski definition) is 6. The molecule has 3 aromatic rings. The minimum absolute atomic E-state index is 0.334. The number of thiazole rings is 1. The average Bonchev–Trinajstić information content (AvgIpc) is 2.96. The SMILES string of the molecule is COc1cc(NC(=O)[C@@H](C)Oc2ccc(Cl)cc2Cl)cc2sc(N)nc12. The van der Waals surface area contributed by atoms with Crippen LogP contribution >= 0.6 is 34.5 Å². The summed E-state index contributed by atoms with van der Waals surface area (Å²) in [5.74, 6) is 0.567. The molecule has 0 bridgehead atoms. The minimum Gasteiger partial charge on any atom is -0.494 e. The second kappa shape index (κ2) is 7.57. The number of carbonyl (C=O) groups is 1. The lowest BCUT2D eigenvalue weighted by Gasteiger charge is -2.16. The number of benzene rings is 2. The van der Waals surface area contributed by atoms with Gasteiger partial charge in [-0.05, 0) is 31.2 Å². The fourth-order valence-corrected chi connectivity index (χ4v) is 3.55. The van der Waals surface area contributed by atoms with Gasteiger partial charge in [-0.15, -0.1) is 0 Å². The molecular formula is C17H15Cl2N3O3S. The number of methoxy groups -OCH3 is 1. The highest BCUT2D eigenvalue weighted by Gasteiger charge is 2.18. The Hall–Kier alpha value is -2.22. The van der Waals surface area contributed by atoms with Gasteiger partial charge in [-0.1, -0.05) is 34.5 Å². The lowest BCUT2D eigenvalue weighted by molar-refractivity contribution is -0.122. The summed E-state index contributed by atoms with van der Waals surface area (Å²) in [6.07, 6.45) is -0.776. The third-order valence-electron chi connectivity index (χ3n) is 3.53. The number of nitrogen functional groups attached to an aromatic ring is 1. The summed E-state index contributed by atoms with van der Waals surface area (Å²) in [4.78, 5) is 16.7. The molecule has 3 rings (SSSR count). The number of fused-ring (bicyclic) bond motifs is 1. The van der Waals surface area contributed by atoms with E-state index in [1.807, 2.05) is 0 Å². The van der Waals surface area contributed by atoms with Crippen LogP contribution in [-0.4, -0.2) is 24.1 Å². The third kappa shape index (κ3) is 3.95. The normalized spacial score (nSPS) is 12.0. The lowest BCUT2D eigenvalue weighted by Crippen LogP contribution is -2.30. The van der Waals surface area contributed by atoms with Crippen molar-refractivity contribution in [2.75, 3.05) is 18.2 Å². The zero-order valence-electron chi connectivity index (χ0n) is 13.9. The van der Waals surface area contributed by atoms with E-state index >= 15 is 0 Å². The van der Waals surface area contributed by atoms with Gasteiger partial charge in [0.25, 0.3) is 5.91 Å². The van der Waals surface area contributed by atoms with E-state index < -0.39 is 6.10 Å². The Balaban J connectivity index is 1.77. The Bertz CT molecular complexity index is 977. The molecule has 0 spiro atoms. The van der Waals surface area contributed by atoms with Crippen LogP contribution in [0.15, 0.2) is 30.3 Å². The minimum atomic E-state index is -0.776. The molecule has 1 amide bonds. The number of rotatable bonds is 5. The van der Waals surface area contributed by atoms with Gasteiger partial charge >= 0.3 is 0 Å². The highest BCUT2D eigenvalue weighted by Crippen LogP contribution is 2.34. The van der Waals surface area contributed by atoms with Crippen LogP contribution in [0.2, 0.25) is 10.0 Å². The van der Waals surface area contributed by atoms with Crippen LogP contribution in [0.25, 0.3) is 10.2 Å². The second-order valence-corrected chi connectivity index (χ2v) is 7.31.